The molecule has 5 aromatic rings. The molecule has 172 valence electrons. The lowest BCUT2D eigenvalue weighted by molar-refractivity contribution is 0.392. The van der Waals surface area contributed by atoms with E-state index in [1.807, 2.05) is 20.8 Å². The van der Waals surface area contributed by atoms with Crippen molar-refractivity contribution < 1.29 is 13.4 Å². The number of aromatic nitrogens is 10. The van der Waals surface area contributed by atoms with Gasteiger partial charge in [-0.1, -0.05) is 5.16 Å². The minimum absolute atomic E-state index is 0.606. The lowest BCUT2D eigenvalue weighted by Crippen LogP contribution is -1.68. The molecule has 15 heteroatoms. The molecule has 0 aliphatic heterocycles. The van der Waals surface area contributed by atoms with Crippen LogP contribution in [0.15, 0.2) is 31.6 Å². The van der Waals surface area contributed by atoms with Gasteiger partial charge in [-0.2, -0.15) is 4.98 Å². The molecule has 0 fully saturated rings. The van der Waals surface area contributed by atoms with Crippen molar-refractivity contribution in [3.63, 3.8) is 0 Å². The molecule has 0 atom stereocenters. The molecule has 0 N–H and O–H groups in total. The summed E-state index contributed by atoms with van der Waals surface area (Å²) in [6, 6.07) is 0. The average molecular weight is 481 g/mol. The largest absolute Gasteiger partial charge is 0.428 e. The molecule has 0 amide bonds. The second-order valence-corrected chi connectivity index (χ2v) is 7.98. The minimum atomic E-state index is 0.606. The Hall–Kier alpha value is -3.46. The Morgan fingerprint density at radius 2 is 1.31 bits per heavy atom. The molecule has 0 radical (unpaired) electrons. The van der Waals surface area contributed by atoms with Gasteiger partial charge in [0.15, 0.2) is 6.33 Å². The molecular formula is C17H24N10O3S2. The van der Waals surface area contributed by atoms with Crippen molar-refractivity contribution in [2.75, 3.05) is 0 Å². The Kier molecular flexibility index (Phi) is 12.8. The van der Waals surface area contributed by atoms with Gasteiger partial charge in [0.2, 0.25) is 30.0 Å². The van der Waals surface area contributed by atoms with E-state index in [1.54, 1.807) is 55.9 Å². The maximum absolute atomic E-state index is 4.86. The molecule has 5 aromatic heterocycles. The first kappa shape index (κ1) is 26.6. The van der Waals surface area contributed by atoms with E-state index >= 15 is 0 Å². The molecule has 0 aliphatic carbocycles. The first-order valence-electron chi connectivity index (χ1n) is 8.98. The second kappa shape index (κ2) is 15.4. The van der Waals surface area contributed by atoms with Gasteiger partial charge in [-0.15, -0.1) is 63.5 Å². The van der Waals surface area contributed by atoms with Crippen LogP contribution >= 0.6 is 22.7 Å². The average Bonchev–Trinajstić information content (AvgIpc) is 3.55. The zero-order valence-corrected chi connectivity index (χ0v) is 20.4. The molecule has 13 nitrogen and oxygen atoms in total. The number of nitrogens with zero attached hydrogens (tertiary/aromatic N) is 10. The van der Waals surface area contributed by atoms with Crippen LogP contribution in [0, 0.1) is 48.5 Å². The first-order chi connectivity index (χ1) is 15.3. The predicted molar refractivity (Wildman–Crippen MR) is 116 cm³/mol. The third-order valence-electron chi connectivity index (χ3n) is 2.66. The number of hydrogen-bond acceptors (Lipinski definition) is 15. The van der Waals surface area contributed by atoms with E-state index in [0.717, 1.165) is 15.0 Å². The molecule has 0 saturated heterocycles. The van der Waals surface area contributed by atoms with E-state index in [1.165, 1.54) is 12.7 Å². The van der Waals surface area contributed by atoms with E-state index in [0.29, 0.717) is 23.6 Å². The summed E-state index contributed by atoms with van der Waals surface area (Å²) in [6.45, 7) is 12.8. The zero-order chi connectivity index (χ0) is 23.8. The summed E-state index contributed by atoms with van der Waals surface area (Å²) in [5.41, 5.74) is 1.72. The van der Waals surface area contributed by atoms with Gasteiger partial charge < -0.3 is 13.4 Å². The first-order valence-corrected chi connectivity index (χ1v) is 10.7. The highest BCUT2D eigenvalue weighted by Gasteiger charge is 1.90. The molecule has 0 bridgehead atoms. The summed E-state index contributed by atoms with van der Waals surface area (Å²) in [4.78, 5) is 3.64. The van der Waals surface area contributed by atoms with Crippen LogP contribution < -0.4 is 0 Å². The Morgan fingerprint density at radius 1 is 0.656 bits per heavy atom. The van der Waals surface area contributed by atoms with Gasteiger partial charge in [0.25, 0.3) is 0 Å². The van der Waals surface area contributed by atoms with Crippen molar-refractivity contribution in [2.45, 2.75) is 48.5 Å². The highest BCUT2D eigenvalue weighted by molar-refractivity contribution is 7.11. The summed E-state index contributed by atoms with van der Waals surface area (Å²) in [7, 11) is 0. The smallest absolute Gasteiger partial charge is 0.223 e. The minimum Gasteiger partial charge on any atom is -0.428 e. The van der Waals surface area contributed by atoms with Crippen molar-refractivity contribution in [3.05, 3.63) is 56.8 Å². The van der Waals surface area contributed by atoms with Crippen LogP contribution in [0.1, 0.15) is 38.6 Å². The van der Waals surface area contributed by atoms with Gasteiger partial charge in [0.1, 0.15) is 20.5 Å². The lowest BCUT2D eigenvalue weighted by Gasteiger charge is -1.70. The predicted octanol–water partition coefficient (Wildman–Crippen LogP) is 3.44. The fourth-order valence-corrected chi connectivity index (χ4v) is 2.41. The summed E-state index contributed by atoms with van der Waals surface area (Å²) >= 11 is 3.18. The molecular weight excluding hydrogens is 456 g/mol. The van der Waals surface area contributed by atoms with Crippen LogP contribution in [-0.2, 0) is 0 Å². The van der Waals surface area contributed by atoms with Crippen molar-refractivity contribution in [2.24, 2.45) is 0 Å². The second-order valence-electron chi connectivity index (χ2n) is 5.56. The lowest BCUT2D eigenvalue weighted by atomic mass is 10.8. The van der Waals surface area contributed by atoms with Crippen LogP contribution in [0.5, 0.6) is 0 Å². The molecule has 0 aliphatic rings. The Balaban J connectivity index is 0.000000200. The van der Waals surface area contributed by atoms with E-state index in [9.17, 15) is 0 Å². The highest BCUT2D eigenvalue weighted by atomic mass is 32.1. The summed E-state index contributed by atoms with van der Waals surface area (Å²) in [6.07, 6.45) is 2.67. The van der Waals surface area contributed by atoms with Crippen LogP contribution in [0.3, 0.4) is 0 Å². The van der Waals surface area contributed by atoms with Crippen LogP contribution in [0.4, 0.5) is 0 Å². The van der Waals surface area contributed by atoms with Crippen LogP contribution in [-0.4, -0.2) is 50.9 Å². The van der Waals surface area contributed by atoms with E-state index < -0.39 is 0 Å². The topological polar surface area (TPSA) is 168 Å². The molecule has 5 heterocycles. The SMILES string of the molecule is Cc1ncno1.Cc1nnc(C)o1.Cc1nnc(C)s1.Cc1nnco1.Cc1nncs1. The zero-order valence-electron chi connectivity index (χ0n) is 18.7. The highest BCUT2D eigenvalue weighted by Crippen LogP contribution is 2.04. The maximum atomic E-state index is 4.86. The van der Waals surface area contributed by atoms with Gasteiger partial charge in [0.05, 0.1) is 0 Å². The third-order valence-corrected chi connectivity index (χ3v) is 4.04. The number of rotatable bonds is 0. The molecule has 0 aromatic carbocycles. The molecule has 0 saturated carbocycles. The fourth-order valence-electron chi connectivity index (χ4n) is 1.48. The maximum Gasteiger partial charge on any atom is 0.223 e. The summed E-state index contributed by atoms with van der Waals surface area (Å²) in [5, 5.41) is 35.4. The third kappa shape index (κ3) is 13.7. The normalized spacial score (nSPS) is 9.09. The Morgan fingerprint density at radius 3 is 1.47 bits per heavy atom. The molecule has 32 heavy (non-hydrogen) atoms. The van der Waals surface area contributed by atoms with Gasteiger partial charge in [-0.25, -0.2) is 0 Å². The molecule has 0 spiro atoms. The van der Waals surface area contributed by atoms with Gasteiger partial charge in [0, 0.05) is 27.7 Å². The van der Waals surface area contributed by atoms with Crippen LogP contribution in [0.25, 0.3) is 0 Å². The van der Waals surface area contributed by atoms with Crippen molar-refractivity contribution in [1.82, 2.24) is 50.9 Å². The van der Waals surface area contributed by atoms with Crippen molar-refractivity contribution >= 4 is 22.7 Å². The van der Waals surface area contributed by atoms with Gasteiger partial charge in [-0.3, -0.25) is 0 Å². The quantitative estimate of drug-likeness (QED) is 0.316. The fraction of sp³-hybridized carbons (Fsp3) is 0.412. The monoisotopic (exact) mass is 480 g/mol. The number of hydrogen-bond donors (Lipinski definition) is 0. The summed E-state index contributed by atoms with van der Waals surface area (Å²) in [5.74, 6) is 2.46. The standard InChI is InChI=1S/C4H6N2O.C4H6N2S.2C3H4N2O.C3H4N2S/c2*1-3-5-6-4(2)7-3;1-3-5-4-2-6-3;1-3-4-2-5-6-3;1-3-5-4-2-6-3/h2*1-2H3;3*2H,1H3. The summed E-state index contributed by atoms with van der Waals surface area (Å²) < 4.78 is 13.9. The molecule has 0 unspecified atom stereocenters. The van der Waals surface area contributed by atoms with E-state index in [-0.39, 0.29) is 0 Å². The van der Waals surface area contributed by atoms with E-state index in [4.69, 9.17) is 4.42 Å². The van der Waals surface area contributed by atoms with E-state index in [2.05, 4.69) is 59.9 Å². The van der Waals surface area contributed by atoms with Gasteiger partial charge in [-0.05, 0) is 20.8 Å². The van der Waals surface area contributed by atoms with Gasteiger partial charge >= 0.3 is 0 Å². The molecule has 5 rings (SSSR count). The number of aryl methyl sites for hydroxylation is 7. The van der Waals surface area contributed by atoms with Crippen molar-refractivity contribution in [1.29, 1.82) is 0 Å². The Bertz CT molecular complexity index is 912. The Labute approximate surface area is 192 Å². The van der Waals surface area contributed by atoms with Crippen molar-refractivity contribution in [3.8, 4) is 0 Å². The van der Waals surface area contributed by atoms with Crippen LogP contribution in [0.2, 0.25) is 0 Å².